The Labute approximate surface area is 112 Å². The lowest BCUT2D eigenvalue weighted by atomic mass is 10.2. The number of aryl methyl sites for hydroxylation is 1. The maximum atomic E-state index is 10.8. The minimum Gasteiger partial charge on any atom is -0.381 e. The number of anilines is 1. The van der Waals surface area contributed by atoms with Crippen molar-refractivity contribution in [2.75, 3.05) is 25.1 Å². The molecule has 0 unspecified atom stereocenters. The quantitative estimate of drug-likeness (QED) is 0.444. The van der Waals surface area contributed by atoms with Crippen molar-refractivity contribution in [3.8, 4) is 0 Å². The van der Waals surface area contributed by atoms with Gasteiger partial charge in [-0.05, 0) is 32.1 Å². The minimum atomic E-state index is -0.388. The molecular weight excluding hydrogens is 246 g/mol. The highest BCUT2D eigenvalue weighted by molar-refractivity contribution is 5.48. The van der Waals surface area contributed by atoms with E-state index in [9.17, 15) is 10.1 Å². The Morgan fingerprint density at radius 3 is 3.05 bits per heavy atom. The summed E-state index contributed by atoms with van der Waals surface area (Å²) < 4.78 is 5.51. The molecule has 0 atom stereocenters. The maximum Gasteiger partial charge on any atom is 0.277 e. The van der Waals surface area contributed by atoms with E-state index in [2.05, 4.69) is 10.3 Å². The summed E-state index contributed by atoms with van der Waals surface area (Å²) in [6, 6.07) is 1.47. The van der Waals surface area contributed by atoms with Crippen molar-refractivity contribution in [2.45, 2.75) is 26.2 Å². The van der Waals surface area contributed by atoms with E-state index in [0.29, 0.717) is 17.9 Å². The molecule has 0 amide bonds. The largest absolute Gasteiger partial charge is 0.381 e. The Balaban J connectivity index is 1.69. The fourth-order valence-corrected chi connectivity index (χ4v) is 1.73. The van der Waals surface area contributed by atoms with Crippen LogP contribution < -0.4 is 5.32 Å². The van der Waals surface area contributed by atoms with Gasteiger partial charge < -0.3 is 10.1 Å². The predicted molar refractivity (Wildman–Crippen MR) is 72.3 cm³/mol. The highest BCUT2D eigenvalue weighted by Crippen LogP contribution is 2.28. The molecule has 19 heavy (non-hydrogen) atoms. The molecule has 1 aromatic heterocycles. The van der Waals surface area contributed by atoms with Crippen molar-refractivity contribution in [2.24, 2.45) is 5.92 Å². The van der Waals surface area contributed by atoms with E-state index >= 15 is 0 Å². The number of pyridine rings is 1. The van der Waals surface area contributed by atoms with Crippen LogP contribution in [0.1, 0.15) is 24.8 Å². The van der Waals surface area contributed by atoms with Crippen LogP contribution in [0.4, 0.5) is 11.5 Å². The van der Waals surface area contributed by atoms with Crippen LogP contribution in [0.15, 0.2) is 12.3 Å². The Hall–Kier alpha value is -1.69. The molecule has 1 saturated carbocycles. The molecular formula is C13H19N3O3. The van der Waals surface area contributed by atoms with Crippen LogP contribution in [0.25, 0.3) is 0 Å². The Kier molecular flexibility index (Phi) is 4.68. The highest BCUT2D eigenvalue weighted by atomic mass is 16.6. The molecule has 0 aromatic carbocycles. The molecule has 0 bridgehead atoms. The normalized spacial score (nSPS) is 14.4. The van der Waals surface area contributed by atoms with E-state index < -0.39 is 0 Å². The first-order valence-electron chi connectivity index (χ1n) is 6.59. The summed E-state index contributed by atoms with van der Waals surface area (Å²) in [4.78, 5) is 14.5. The second-order valence-corrected chi connectivity index (χ2v) is 4.91. The molecule has 2 rings (SSSR count). The van der Waals surface area contributed by atoms with E-state index in [-0.39, 0.29) is 10.6 Å². The molecule has 1 N–H and O–H groups in total. The Morgan fingerprint density at radius 1 is 1.58 bits per heavy atom. The fourth-order valence-electron chi connectivity index (χ4n) is 1.73. The van der Waals surface area contributed by atoms with Gasteiger partial charge in [-0.1, -0.05) is 0 Å². The van der Waals surface area contributed by atoms with Crippen LogP contribution in [0.3, 0.4) is 0 Å². The first-order valence-corrected chi connectivity index (χ1v) is 6.59. The molecule has 0 aliphatic heterocycles. The molecule has 104 valence electrons. The highest BCUT2D eigenvalue weighted by Gasteiger charge is 2.20. The zero-order valence-electron chi connectivity index (χ0n) is 11.1. The maximum absolute atomic E-state index is 10.8. The van der Waals surface area contributed by atoms with Crippen molar-refractivity contribution in [1.29, 1.82) is 0 Å². The van der Waals surface area contributed by atoms with E-state index in [1.165, 1.54) is 25.1 Å². The standard InChI is InChI=1S/C13H19N3O3/c1-10-8-15-13(7-12(10)16(17)18)14-5-2-6-19-9-11-3-4-11/h7-8,11H,2-6,9H2,1H3,(H,14,15). The number of ether oxygens (including phenoxy) is 1. The van der Waals surface area contributed by atoms with Crippen molar-refractivity contribution >= 4 is 11.5 Å². The van der Waals surface area contributed by atoms with Gasteiger partial charge in [0, 0.05) is 31.5 Å². The smallest absolute Gasteiger partial charge is 0.277 e. The van der Waals surface area contributed by atoms with Crippen molar-refractivity contribution in [3.05, 3.63) is 27.9 Å². The zero-order valence-corrected chi connectivity index (χ0v) is 11.1. The third kappa shape index (κ3) is 4.48. The number of nitrogens with one attached hydrogen (secondary N) is 1. The minimum absolute atomic E-state index is 0.0995. The van der Waals surface area contributed by atoms with E-state index in [1.54, 1.807) is 6.92 Å². The SMILES string of the molecule is Cc1cnc(NCCCOCC2CC2)cc1[N+](=O)[O-]. The van der Waals surface area contributed by atoms with Crippen LogP contribution in [0.2, 0.25) is 0 Å². The summed E-state index contributed by atoms with van der Waals surface area (Å²) in [7, 11) is 0. The summed E-state index contributed by atoms with van der Waals surface area (Å²) in [5.41, 5.74) is 0.672. The van der Waals surface area contributed by atoms with Crippen LogP contribution in [-0.4, -0.2) is 29.7 Å². The molecule has 1 aliphatic carbocycles. The molecule has 0 spiro atoms. The van der Waals surface area contributed by atoms with E-state index in [1.807, 2.05) is 0 Å². The average molecular weight is 265 g/mol. The number of nitro groups is 1. The molecule has 1 fully saturated rings. The summed E-state index contributed by atoms with van der Waals surface area (Å²) in [5, 5.41) is 13.9. The van der Waals surface area contributed by atoms with Gasteiger partial charge in [-0.2, -0.15) is 0 Å². The van der Waals surface area contributed by atoms with Gasteiger partial charge in [-0.25, -0.2) is 4.98 Å². The first-order chi connectivity index (χ1) is 9.16. The molecule has 1 aliphatic rings. The molecule has 0 saturated heterocycles. The van der Waals surface area contributed by atoms with Gasteiger partial charge in [0.25, 0.3) is 5.69 Å². The van der Waals surface area contributed by atoms with Gasteiger partial charge in [-0.15, -0.1) is 0 Å². The van der Waals surface area contributed by atoms with Crippen molar-refractivity contribution < 1.29 is 9.66 Å². The van der Waals surface area contributed by atoms with Crippen molar-refractivity contribution in [3.63, 3.8) is 0 Å². The lowest BCUT2D eigenvalue weighted by Gasteiger charge is -2.06. The zero-order chi connectivity index (χ0) is 13.7. The third-order valence-corrected chi connectivity index (χ3v) is 3.09. The molecule has 1 aromatic rings. The molecule has 6 nitrogen and oxygen atoms in total. The summed E-state index contributed by atoms with van der Waals surface area (Å²) >= 11 is 0. The number of rotatable bonds is 8. The van der Waals surface area contributed by atoms with Crippen LogP contribution in [0, 0.1) is 23.0 Å². The Bertz CT molecular complexity index is 447. The number of hydrogen-bond donors (Lipinski definition) is 1. The average Bonchev–Trinajstić information content (AvgIpc) is 3.19. The monoisotopic (exact) mass is 265 g/mol. The first kappa shape index (κ1) is 13.7. The van der Waals surface area contributed by atoms with Gasteiger partial charge in [0.15, 0.2) is 0 Å². The topological polar surface area (TPSA) is 77.3 Å². The van der Waals surface area contributed by atoms with Crippen molar-refractivity contribution in [1.82, 2.24) is 4.98 Å². The van der Waals surface area contributed by atoms with Crippen LogP contribution in [0.5, 0.6) is 0 Å². The second kappa shape index (κ2) is 6.47. The van der Waals surface area contributed by atoms with Crippen LogP contribution in [-0.2, 0) is 4.74 Å². The third-order valence-electron chi connectivity index (χ3n) is 3.09. The Morgan fingerprint density at radius 2 is 2.37 bits per heavy atom. The summed E-state index contributed by atoms with van der Waals surface area (Å²) in [6.07, 6.45) is 4.99. The summed E-state index contributed by atoms with van der Waals surface area (Å²) in [5.74, 6) is 1.33. The lowest BCUT2D eigenvalue weighted by molar-refractivity contribution is -0.385. The second-order valence-electron chi connectivity index (χ2n) is 4.91. The molecule has 1 heterocycles. The predicted octanol–water partition coefficient (Wildman–Crippen LogP) is 2.53. The lowest BCUT2D eigenvalue weighted by Crippen LogP contribution is -2.08. The van der Waals surface area contributed by atoms with Gasteiger partial charge in [0.1, 0.15) is 5.82 Å². The molecule has 0 radical (unpaired) electrons. The van der Waals surface area contributed by atoms with E-state index in [4.69, 9.17) is 4.74 Å². The fraction of sp³-hybridized carbons (Fsp3) is 0.615. The van der Waals surface area contributed by atoms with E-state index in [0.717, 1.165) is 25.6 Å². The van der Waals surface area contributed by atoms with Gasteiger partial charge in [0.05, 0.1) is 11.0 Å². The molecule has 6 heteroatoms. The number of aromatic nitrogens is 1. The van der Waals surface area contributed by atoms with Gasteiger partial charge in [0.2, 0.25) is 0 Å². The van der Waals surface area contributed by atoms with Gasteiger partial charge >= 0.3 is 0 Å². The number of hydrogen-bond acceptors (Lipinski definition) is 5. The van der Waals surface area contributed by atoms with Gasteiger partial charge in [-0.3, -0.25) is 10.1 Å². The van der Waals surface area contributed by atoms with Crippen LogP contribution >= 0.6 is 0 Å². The number of nitrogens with zero attached hydrogens (tertiary/aromatic N) is 2. The summed E-state index contributed by atoms with van der Waals surface area (Å²) in [6.45, 7) is 3.98.